The highest BCUT2D eigenvalue weighted by Crippen LogP contribution is 2.24. The van der Waals surface area contributed by atoms with Crippen LogP contribution < -0.4 is 4.72 Å². The molecule has 1 fully saturated rings. The maximum Gasteiger partial charge on any atom is 0.240 e. The van der Waals surface area contributed by atoms with Crippen molar-refractivity contribution in [3.63, 3.8) is 0 Å². The van der Waals surface area contributed by atoms with Crippen LogP contribution in [0.15, 0.2) is 29.2 Å². The van der Waals surface area contributed by atoms with E-state index in [-0.39, 0.29) is 12.0 Å². The van der Waals surface area contributed by atoms with Crippen LogP contribution in [0.3, 0.4) is 0 Å². The summed E-state index contributed by atoms with van der Waals surface area (Å²) in [6, 6.07) is 6.84. The molecule has 1 saturated carbocycles. The van der Waals surface area contributed by atoms with Gasteiger partial charge >= 0.3 is 0 Å². The standard InChI is InChI=1S/C14H20BrNO3S/c15-9-11-4-6-14(7-5-11)20(18,19)16-10-12-2-1-3-13(17)8-12/h4-7,12-13,16-17H,1-3,8-10H2. The fraction of sp³-hybridized carbons (Fsp3) is 0.571. The van der Waals surface area contributed by atoms with Gasteiger partial charge in [0, 0.05) is 11.9 Å². The van der Waals surface area contributed by atoms with Crippen molar-refractivity contribution in [1.29, 1.82) is 0 Å². The maximum atomic E-state index is 12.2. The zero-order chi connectivity index (χ0) is 14.6. The second kappa shape index (κ2) is 7.02. The van der Waals surface area contributed by atoms with Crippen LogP contribution in [0.2, 0.25) is 0 Å². The van der Waals surface area contributed by atoms with Crippen molar-refractivity contribution < 1.29 is 13.5 Å². The summed E-state index contributed by atoms with van der Waals surface area (Å²) in [6.45, 7) is 0.402. The molecule has 1 aliphatic rings. The Bertz CT molecular complexity index is 530. The van der Waals surface area contributed by atoms with E-state index in [4.69, 9.17) is 0 Å². The second-order valence-corrected chi connectivity index (χ2v) is 7.64. The van der Waals surface area contributed by atoms with E-state index in [0.717, 1.165) is 24.8 Å². The number of sulfonamides is 1. The number of rotatable bonds is 5. The van der Waals surface area contributed by atoms with Gasteiger partial charge in [-0.15, -0.1) is 0 Å². The molecule has 2 atom stereocenters. The van der Waals surface area contributed by atoms with Gasteiger partial charge in [-0.05, 0) is 42.9 Å². The molecule has 6 heteroatoms. The van der Waals surface area contributed by atoms with Gasteiger partial charge in [0.2, 0.25) is 10.0 Å². The molecule has 0 spiro atoms. The first kappa shape index (κ1) is 15.9. The summed E-state index contributed by atoms with van der Waals surface area (Å²) >= 11 is 3.33. The summed E-state index contributed by atoms with van der Waals surface area (Å²) in [6.07, 6.45) is 3.18. The van der Waals surface area contributed by atoms with Crippen molar-refractivity contribution in [3.05, 3.63) is 29.8 Å². The first-order chi connectivity index (χ1) is 9.51. The zero-order valence-electron chi connectivity index (χ0n) is 11.3. The number of halogens is 1. The fourth-order valence-corrected chi connectivity index (χ4v) is 4.01. The second-order valence-electron chi connectivity index (χ2n) is 5.32. The lowest BCUT2D eigenvalue weighted by molar-refractivity contribution is 0.102. The number of benzene rings is 1. The molecule has 1 aromatic rings. The van der Waals surface area contributed by atoms with Crippen LogP contribution in [0.1, 0.15) is 31.2 Å². The molecule has 1 aromatic carbocycles. The Morgan fingerprint density at radius 3 is 2.55 bits per heavy atom. The van der Waals surface area contributed by atoms with Crippen LogP contribution in [-0.2, 0) is 15.4 Å². The van der Waals surface area contributed by atoms with E-state index >= 15 is 0 Å². The Morgan fingerprint density at radius 1 is 1.25 bits per heavy atom. The Hall–Kier alpha value is -0.430. The summed E-state index contributed by atoms with van der Waals surface area (Å²) in [5.41, 5.74) is 1.04. The van der Waals surface area contributed by atoms with E-state index in [1.165, 1.54) is 0 Å². The van der Waals surface area contributed by atoms with E-state index < -0.39 is 10.0 Å². The minimum atomic E-state index is -3.45. The normalized spacial score (nSPS) is 23.7. The van der Waals surface area contributed by atoms with Gasteiger partial charge in [0.25, 0.3) is 0 Å². The van der Waals surface area contributed by atoms with Crippen molar-refractivity contribution >= 4 is 26.0 Å². The van der Waals surface area contributed by atoms with Crippen LogP contribution in [0.5, 0.6) is 0 Å². The predicted octanol–water partition coefficient (Wildman–Crippen LogP) is 2.41. The van der Waals surface area contributed by atoms with E-state index in [2.05, 4.69) is 20.7 Å². The lowest BCUT2D eigenvalue weighted by Crippen LogP contribution is -2.33. The molecule has 1 aliphatic carbocycles. The first-order valence-corrected chi connectivity index (χ1v) is 9.44. The third kappa shape index (κ3) is 4.28. The van der Waals surface area contributed by atoms with Crippen LogP contribution in [-0.4, -0.2) is 26.2 Å². The number of hydrogen-bond donors (Lipinski definition) is 2. The summed E-state index contributed by atoms with van der Waals surface area (Å²) in [7, 11) is -3.45. The molecule has 0 amide bonds. The van der Waals surface area contributed by atoms with Gasteiger partial charge in [-0.1, -0.05) is 34.5 Å². The molecule has 0 aliphatic heterocycles. The monoisotopic (exact) mass is 361 g/mol. The molecular formula is C14H20BrNO3S. The van der Waals surface area contributed by atoms with Crippen LogP contribution in [0, 0.1) is 5.92 Å². The third-order valence-corrected chi connectivity index (χ3v) is 5.79. The van der Waals surface area contributed by atoms with E-state index in [1.807, 2.05) is 0 Å². The van der Waals surface area contributed by atoms with Crippen molar-refractivity contribution in [3.8, 4) is 0 Å². The smallest absolute Gasteiger partial charge is 0.240 e. The average Bonchev–Trinajstić information content (AvgIpc) is 2.45. The Balaban J connectivity index is 1.96. The molecule has 20 heavy (non-hydrogen) atoms. The van der Waals surface area contributed by atoms with Crippen molar-refractivity contribution in [2.75, 3.05) is 6.54 Å². The maximum absolute atomic E-state index is 12.2. The lowest BCUT2D eigenvalue weighted by Gasteiger charge is -2.25. The summed E-state index contributed by atoms with van der Waals surface area (Å²) < 4.78 is 27.0. The molecule has 0 heterocycles. The minimum absolute atomic E-state index is 0.232. The quantitative estimate of drug-likeness (QED) is 0.791. The SMILES string of the molecule is O=S(=O)(NCC1CCCC(O)C1)c1ccc(CBr)cc1. The number of nitrogens with one attached hydrogen (secondary N) is 1. The Labute approximate surface area is 128 Å². The zero-order valence-corrected chi connectivity index (χ0v) is 13.7. The highest BCUT2D eigenvalue weighted by atomic mass is 79.9. The Kier molecular flexibility index (Phi) is 5.60. The number of hydrogen-bond acceptors (Lipinski definition) is 3. The van der Waals surface area contributed by atoms with Gasteiger partial charge in [-0.2, -0.15) is 0 Å². The van der Waals surface area contributed by atoms with E-state index in [1.54, 1.807) is 24.3 Å². The number of alkyl halides is 1. The van der Waals surface area contributed by atoms with E-state index in [0.29, 0.717) is 23.2 Å². The van der Waals surface area contributed by atoms with Crippen molar-refractivity contribution in [2.24, 2.45) is 5.92 Å². The highest BCUT2D eigenvalue weighted by molar-refractivity contribution is 9.08. The van der Waals surface area contributed by atoms with Crippen LogP contribution in [0.4, 0.5) is 0 Å². The molecule has 0 radical (unpaired) electrons. The number of aliphatic hydroxyl groups excluding tert-OH is 1. The summed E-state index contributed by atoms with van der Waals surface area (Å²) in [5.74, 6) is 0.232. The fourth-order valence-electron chi connectivity index (χ4n) is 2.52. The lowest BCUT2D eigenvalue weighted by atomic mass is 9.87. The van der Waals surface area contributed by atoms with Crippen LogP contribution >= 0.6 is 15.9 Å². The molecule has 0 aromatic heterocycles. The Morgan fingerprint density at radius 2 is 1.95 bits per heavy atom. The van der Waals surface area contributed by atoms with Gasteiger partial charge in [-0.25, -0.2) is 13.1 Å². The van der Waals surface area contributed by atoms with Crippen molar-refractivity contribution in [1.82, 2.24) is 4.72 Å². The van der Waals surface area contributed by atoms with Gasteiger partial charge < -0.3 is 5.11 Å². The highest BCUT2D eigenvalue weighted by Gasteiger charge is 2.22. The van der Waals surface area contributed by atoms with Crippen LogP contribution in [0.25, 0.3) is 0 Å². The molecule has 2 rings (SSSR count). The summed E-state index contributed by atoms with van der Waals surface area (Å²) in [5, 5.41) is 10.3. The number of aliphatic hydroxyl groups is 1. The topological polar surface area (TPSA) is 66.4 Å². The van der Waals surface area contributed by atoms with Gasteiger partial charge in [0.1, 0.15) is 0 Å². The largest absolute Gasteiger partial charge is 0.393 e. The first-order valence-electron chi connectivity index (χ1n) is 6.84. The molecule has 0 saturated heterocycles. The summed E-state index contributed by atoms with van der Waals surface area (Å²) in [4.78, 5) is 0.290. The molecule has 2 N–H and O–H groups in total. The third-order valence-electron chi connectivity index (χ3n) is 3.71. The molecule has 112 valence electrons. The average molecular weight is 362 g/mol. The minimum Gasteiger partial charge on any atom is -0.393 e. The van der Waals surface area contributed by atoms with Gasteiger partial charge in [0.05, 0.1) is 11.0 Å². The molecule has 0 bridgehead atoms. The molecule has 4 nitrogen and oxygen atoms in total. The predicted molar refractivity (Wildman–Crippen MR) is 82.2 cm³/mol. The van der Waals surface area contributed by atoms with Gasteiger partial charge in [-0.3, -0.25) is 0 Å². The van der Waals surface area contributed by atoms with E-state index in [9.17, 15) is 13.5 Å². The molecular weight excluding hydrogens is 342 g/mol. The van der Waals surface area contributed by atoms with Gasteiger partial charge in [0.15, 0.2) is 0 Å². The van der Waals surface area contributed by atoms with Crippen molar-refractivity contribution in [2.45, 2.75) is 42.0 Å². The molecule has 2 unspecified atom stereocenters.